The molecule has 0 aliphatic heterocycles. The molecule has 0 bridgehead atoms. The molecule has 1 unspecified atom stereocenters. The number of hydrogen-bond donors (Lipinski definition) is 1. The molecule has 0 amide bonds. The second-order valence-corrected chi connectivity index (χ2v) is 5.88. The Kier molecular flexibility index (Phi) is 5.20. The fourth-order valence-electron chi connectivity index (χ4n) is 2.10. The topological polar surface area (TPSA) is 40.5 Å². The zero-order valence-electron chi connectivity index (χ0n) is 11.3. The summed E-state index contributed by atoms with van der Waals surface area (Å²) in [5, 5.41) is 9.30. The third-order valence-corrected chi connectivity index (χ3v) is 3.72. The Balaban J connectivity index is 3.09. The number of rotatable bonds is 5. The highest BCUT2D eigenvalue weighted by molar-refractivity contribution is 9.10. The maximum absolute atomic E-state index is 11.3. The van der Waals surface area contributed by atoms with E-state index < -0.39 is 5.97 Å². The molecule has 1 atom stereocenters. The first-order chi connectivity index (χ1) is 8.34. The number of carboxylic acid groups (broad SMARTS) is 1. The van der Waals surface area contributed by atoms with Crippen molar-refractivity contribution in [3.05, 3.63) is 28.2 Å². The zero-order valence-corrected chi connectivity index (χ0v) is 12.9. The van der Waals surface area contributed by atoms with Crippen molar-refractivity contribution in [2.45, 2.75) is 33.2 Å². The lowest BCUT2D eigenvalue weighted by molar-refractivity contribution is 0.0696. The van der Waals surface area contributed by atoms with Crippen LogP contribution in [0.15, 0.2) is 22.7 Å². The molecule has 3 nitrogen and oxygen atoms in total. The Morgan fingerprint density at radius 1 is 1.39 bits per heavy atom. The Hall–Kier alpha value is -1.03. The molecule has 0 radical (unpaired) electrons. The molecule has 0 aliphatic rings. The van der Waals surface area contributed by atoms with E-state index in [0.29, 0.717) is 22.0 Å². The van der Waals surface area contributed by atoms with E-state index in [0.717, 1.165) is 12.1 Å². The van der Waals surface area contributed by atoms with Crippen molar-refractivity contribution in [1.82, 2.24) is 0 Å². The molecule has 1 aromatic carbocycles. The first-order valence-corrected chi connectivity index (χ1v) is 6.88. The summed E-state index contributed by atoms with van der Waals surface area (Å²) in [4.78, 5) is 13.4. The molecule has 0 saturated carbocycles. The van der Waals surface area contributed by atoms with E-state index in [4.69, 9.17) is 0 Å². The third-order valence-electron chi connectivity index (χ3n) is 3.06. The molecule has 18 heavy (non-hydrogen) atoms. The maximum Gasteiger partial charge on any atom is 0.338 e. The molecule has 0 fully saturated rings. The first-order valence-electron chi connectivity index (χ1n) is 6.09. The van der Waals surface area contributed by atoms with Gasteiger partial charge in [0.05, 0.1) is 11.3 Å². The predicted octanol–water partition coefficient (Wildman–Crippen LogP) is 4.02. The van der Waals surface area contributed by atoms with E-state index in [9.17, 15) is 9.90 Å². The van der Waals surface area contributed by atoms with Crippen molar-refractivity contribution in [1.29, 1.82) is 0 Å². The average molecular weight is 314 g/mol. The summed E-state index contributed by atoms with van der Waals surface area (Å²) in [6.07, 6.45) is 1.03. The summed E-state index contributed by atoms with van der Waals surface area (Å²) in [6, 6.07) is 5.78. The standard InChI is InChI=1S/C14H20BrNO2/c1-9(2)8-10(3)16(4)12-7-5-6-11(15)13(12)14(17)18/h5-7,9-10H,8H2,1-4H3,(H,17,18). The normalized spacial score (nSPS) is 12.6. The van der Waals surface area contributed by atoms with Crippen LogP contribution in [0.5, 0.6) is 0 Å². The predicted molar refractivity (Wildman–Crippen MR) is 78.4 cm³/mol. The lowest BCUT2D eigenvalue weighted by Crippen LogP contribution is -2.31. The second-order valence-electron chi connectivity index (χ2n) is 5.03. The highest BCUT2D eigenvalue weighted by Crippen LogP contribution is 2.29. The Labute approximate surface area is 117 Å². The van der Waals surface area contributed by atoms with Crippen LogP contribution < -0.4 is 4.90 Å². The van der Waals surface area contributed by atoms with Gasteiger partial charge in [0.2, 0.25) is 0 Å². The number of benzene rings is 1. The SMILES string of the molecule is CC(C)CC(C)N(C)c1cccc(Br)c1C(=O)O. The number of aromatic carboxylic acids is 1. The molecule has 0 aliphatic carbocycles. The molecule has 0 spiro atoms. The van der Waals surface area contributed by atoms with Crippen molar-refractivity contribution in [3.63, 3.8) is 0 Å². The number of halogens is 1. The molecule has 0 aromatic heterocycles. The van der Waals surface area contributed by atoms with Crippen LogP contribution in [0.25, 0.3) is 0 Å². The number of hydrogen-bond acceptors (Lipinski definition) is 2. The van der Waals surface area contributed by atoms with E-state index in [2.05, 4.69) is 36.7 Å². The van der Waals surface area contributed by atoms with Crippen molar-refractivity contribution in [2.24, 2.45) is 5.92 Å². The third kappa shape index (κ3) is 3.48. The van der Waals surface area contributed by atoms with Crippen LogP contribution in [-0.2, 0) is 0 Å². The van der Waals surface area contributed by atoms with Gasteiger partial charge in [-0.25, -0.2) is 4.79 Å². The number of carboxylic acids is 1. The summed E-state index contributed by atoms with van der Waals surface area (Å²) >= 11 is 3.31. The van der Waals surface area contributed by atoms with Crippen LogP contribution in [0.2, 0.25) is 0 Å². The lowest BCUT2D eigenvalue weighted by Gasteiger charge is -2.29. The van der Waals surface area contributed by atoms with Crippen molar-refractivity contribution >= 4 is 27.6 Å². The number of carbonyl (C=O) groups is 1. The molecule has 100 valence electrons. The molecule has 0 heterocycles. The van der Waals surface area contributed by atoms with Gasteiger partial charge in [-0.05, 0) is 47.3 Å². The van der Waals surface area contributed by atoms with Gasteiger partial charge in [-0.1, -0.05) is 19.9 Å². The fourth-order valence-corrected chi connectivity index (χ4v) is 2.62. The zero-order chi connectivity index (χ0) is 13.9. The molecular formula is C14H20BrNO2. The summed E-state index contributed by atoms with van der Waals surface area (Å²) in [5.74, 6) is -0.316. The minimum absolute atomic E-state index is 0.303. The maximum atomic E-state index is 11.3. The average Bonchev–Trinajstić information content (AvgIpc) is 2.26. The van der Waals surface area contributed by atoms with Gasteiger partial charge >= 0.3 is 5.97 Å². The Bertz CT molecular complexity index is 432. The minimum Gasteiger partial charge on any atom is -0.478 e. The van der Waals surface area contributed by atoms with Gasteiger partial charge in [-0.3, -0.25) is 0 Å². The molecule has 1 N–H and O–H groups in total. The van der Waals surface area contributed by atoms with Gasteiger partial charge in [0, 0.05) is 17.6 Å². The van der Waals surface area contributed by atoms with Gasteiger partial charge in [-0.2, -0.15) is 0 Å². The monoisotopic (exact) mass is 313 g/mol. The minimum atomic E-state index is -0.902. The van der Waals surface area contributed by atoms with Crippen LogP contribution in [0.3, 0.4) is 0 Å². The van der Waals surface area contributed by atoms with E-state index >= 15 is 0 Å². The largest absolute Gasteiger partial charge is 0.478 e. The summed E-state index contributed by atoms with van der Waals surface area (Å²) in [6.45, 7) is 6.46. The quantitative estimate of drug-likeness (QED) is 0.892. The highest BCUT2D eigenvalue weighted by Gasteiger charge is 2.20. The smallest absolute Gasteiger partial charge is 0.338 e. The Morgan fingerprint density at radius 2 is 2.00 bits per heavy atom. The van der Waals surface area contributed by atoms with Gasteiger partial charge in [0.15, 0.2) is 0 Å². The van der Waals surface area contributed by atoms with Gasteiger partial charge in [-0.15, -0.1) is 0 Å². The van der Waals surface area contributed by atoms with E-state index in [1.807, 2.05) is 24.1 Å². The van der Waals surface area contributed by atoms with Crippen LogP contribution >= 0.6 is 15.9 Å². The summed E-state index contributed by atoms with van der Waals surface area (Å²) in [7, 11) is 1.95. The van der Waals surface area contributed by atoms with Gasteiger partial charge in [0.1, 0.15) is 0 Å². The fraction of sp³-hybridized carbons (Fsp3) is 0.500. The van der Waals surface area contributed by atoms with Crippen LogP contribution in [0, 0.1) is 5.92 Å². The number of nitrogens with zero attached hydrogens (tertiary/aromatic N) is 1. The van der Waals surface area contributed by atoms with E-state index in [1.54, 1.807) is 6.07 Å². The first kappa shape index (κ1) is 15.0. The van der Waals surface area contributed by atoms with Crippen molar-refractivity contribution in [3.8, 4) is 0 Å². The summed E-state index contributed by atoms with van der Waals surface area (Å²) < 4.78 is 0.621. The summed E-state index contributed by atoms with van der Waals surface area (Å²) in [5.41, 5.74) is 1.08. The van der Waals surface area contributed by atoms with Gasteiger partial charge < -0.3 is 10.0 Å². The van der Waals surface area contributed by atoms with E-state index in [-0.39, 0.29) is 0 Å². The molecule has 4 heteroatoms. The van der Waals surface area contributed by atoms with Crippen molar-refractivity contribution in [2.75, 3.05) is 11.9 Å². The lowest BCUT2D eigenvalue weighted by atomic mass is 10.0. The molecular weight excluding hydrogens is 294 g/mol. The van der Waals surface area contributed by atoms with E-state index in [1.165, 1.54) is 0 Å². The van der Waals surface area contributed by atoms with Gasteiger partial charge in [0.25, 0.3) is 0 Å². The number of anilines is 1. The molecule has 1 rings (SSSR count). The van der Waals surface area contributed by atoms with Crippen LogP contribution in [0.1, 0.15) is 37.6 Å². The second kappa shape index (κ2) is 6.23. The highest BCUT2D eigenvalue weighted by atomic mass is 79.9. The van der Waals surface area contributed by atoms with Crippen LogP contribution in [-0.4, -0.2) is 24.2 Å². The van der Waals surface area contributed by atoms with Crippen molar-refractivity contribution < 1.29 is 9.90 Å². The Morgan fingerprint density at radius 3 is 2.50 bits per heavy atom. The molecule has 0 saturated heterocycles. The van der Waals surface area contributed by atoms with Crippen LogP contribution in [0.4, 0.5) is 5.69 Å². The molecule has 1 aromatic rings.